The number of aromatic nitrogens is 2. The topological polar surface area (TPSA) is 56.6 Å². The van der Waals surface area contributed by atoms with Crippen LogP contribution in [0.2, 0.25) is 5.02 Å². The van der Waals surface area contributed by atoms with Gasteiger partial charge >= 0.3 is 0 Å². The minimum atomic E-state index is 0.415. The van der Waals surface area contributed by atoms with Crippen molar-refractivity contribution in [3.63, 3.8) is 0 Å². The second kappa shape index (κ2) is 6.05. The first-order valence-electron chi connectivity index (χ1n) is 6.47. The fourth-order valence-corrected chi connectivity index (χ4v) is 1.86. The van der Waals surface area contributed by atoms with E-state index in [0.29, 0.717) is 10.8 Å². The third kappa shape index (κ3) is 2.99. The van der Waals surface area contributed by atoms with Crippen molar-refractivity contribution in [1.29, 1.82) is 0 Å². The second-order valence-corrected chi connectivity index (χ2v) is 5.05. The molecule has 106 valence electrons. The van der Waals surface area contributed by atoms with Crippen molar-refractivity contribution < 1.29 is 0 Å². The van der Waals surface area contributed by atoms with E-state index in [9.17, 15) is 0 Å². The van der Waals surface area contributed by atoms with Crippen molar-refractivity contribution in [2.75, 3.05) is 18.5 Å². The molecule has 0 aliphatic heterocycles. The Hall–Kier alpha value is -1.88. The maximum atomic E-state index is 6.05. The fourth-order valence-electron chi connectivity index (χ4n) is 1.74. The van der Waals surface area contributed by atoms with Crippen molar-refractivity contribution in [2.45, 2.75) is 20.8 Å². The highest BCUT2D eigenvalue weighted by molar-refractivity contribution is 6.33. The summed E-state index contributed by atoms with van der Waals surface area (Å²) in [5.41, 5.74) is 3.83. The average Bonchev–Trinajstić information content (AvgIpc) is 2.76. The van der Waals surface area contributed by atoms with Gasteiger partial charge in [-0.3, -0.25) is 5.10 Å². The largest absolute Gasteiger partial charge is 0.375 e. The number of nitrogens with one attached hydrogen (secondary N) is 1. The lowest BCUT2D eigenvalue weighted by atomic mass is 10.2. The number of hydrogen-bond donors (Lipinski definition) is 1. The Bertz CT molecular complexity index is 632. The van der Waals surface area contributed by atoms with Gasteiger partial charge in [0, 0.05) is 19.3 Å². The molecule has 0 unspecified atom stereocenters. The number of azo groups is 1. The lowest BCUT2D eigenvalue weighted by molar-refractivity contribution is 0.966. The molecule has 0 saturated heterocycles. The van der Waals surface area contributed by atoms with Gasteiger partial charge in [0.25, 0.3) is 0 Å². The molecule has 5 nitrogen and oxygen atoms in total. The molecular formula is C14H18ClN5. The summed E-state index contributed by atoms with van der Waals surface area (Å²) in [6.07, 6.45) is 0. The maximum absolute atomic E-state index is 6.05. The molecule has 0 radical (unpaired) electrons. The van der Waals surface area contributed by atoms with Gasteiger partial charge in [-0.05, 0) is 44.5 Å². The SMILES string of the molecule is CCN(C)c1ccc(N=Nc2n[nH]c(C)c2Cl)c(C)c1. The summed E-state index contributed by atoms with van der Waals surface area (Å²) in [4.78, 5) is 2.17. The van der Waals surface area contributed by atoms with Crippen LogP contribution in [0.4, 0.5) is 17.2 Å². The number of hydrogen-bond acceptors (Lipinski definition) is 4. The Balaban J connectivity index is 2.24. The molecule has 1 N–H and O–H groups in total. The van der Waals surface area contributed by atoms with Crippen LogP contribution in [-0.4, -0.2) is 23.8 Å². The van der Waals surface area contributed by atoms with Gasteiger partial charge in [-0.15, -0.1) is 10.2 Å². The van der Waals surface area contributed by atoms with E-state index < -0.39 is 0 Å². The van der Waals surface area contributed by atoms with Crippen molar-refractivity contribution >= 4 is 28.8 Å². The first kappa shape index (κ1) is 14.5. The van der Waals surface area contributed by atoms with Crippen LogP contribution in [0.5, 0.6) is 0 Å². The van der Waals surface area contributed by atoms with Gasteiger partial charge < -0.3 is 4.90 Å². The van der Waals surface area contributed by atoms with Gasteiger partial charge in [-0.2, -0.15) is 5.10 Å². The zero-order valence-electron chi connectivity index (χ0n) is 12.1. The van der Waals surface area contributed by atoms with Gasteiger partial charge in [0.1, 0.15) is 5.02 Å². The molecule has 0 amide bonds. The highest BCUT2D eigenvalue weighted by Gasteiger charge is 2.07. The lowest BCUT2D eigenvalue weighted by Crippen LogP contribution is -2.15. The van der Waals surface area contributed by atoms with E-state index in [0.717, 1.165) is 29.2 Å². The Kier molecular flexibility index (Phi) is 4.39. The monoisotopic (exact) mass is 291 g/mol. The standard InChI is InChI=1S/C14H18ClN5/c1-5-20(4)11-6-7-12(9(2)8-11)17-19-14-13(15)10(3)16-18-14/h6-8H,5H2,1-4H3,(H,16,18). The molecule has 20 heavy (non-hydrogen) atoms. The number of aromatic amines is 1. The predicted octanol–water partition coefficient (Wildman–Crippen LogP) is 4.55. The van der Waals surface area contributed by atoms with Crippen LogP contribution in [0.25, 0.3) is 0 Å². The highest BCUT2D eigenvalue weighted by atomic mass is 35.5. The summed E-state index contributed by atoms with van der Waals surface area (Å²) in [5.74, 6) is 0.415. The molecule has 0 saturated carbocycles. The summed E-state index contributed by atoms with van der Waals surface area (Å²) in [7, 11) is 2.06. The number of H-pyrrole nitrogens is 1. The van der Waals surface area contributed by atoms with E-state index >= 15 is 0 Å². The van der Waals surface area contributed by atoms with Crippen LogP contribution in [0.3, 0.4) is 0 Å². The van der Waals surface area contributed by atoms with E-state index in [-0.39, 0.29) is 0 Å². The summed E-state index contributed by atoms with van der Waals surface area (Å²) >= 11 is 6.05. The molecule has 1 heterocycles. The summed E-state index contributed by atoms with van der Waals surface area (Å²) in [6.45, 7) is 6.93. The third-order valence-corrected chi connectivity index (χ3v) is 3.66. The van der Waals surface area contributed by atoms with Gasteiger partial charge in [0.15, 0.2) is 0 Å². The maximum Gasteiger partial charge on any atom is 0.214 e. The Labute approximate surface area is 123 Å². The molecule has 0 spiro atoms. The molecule has 1 aromatic carbocycles. The van der Waals surface area contributed by atoms with Gasteiger partial charge in [0.2, 0.25) is 5.82 Å². The summed E-state index contributed by atoms with van der Waals surface area (Å²) in [5, 5.41) is 15.6. The summed E-state index contributed by atoms with van der Waals surface area (Å²) < 4.78 is 0. The van der Waals surface area contributed by atoms with Crippen molar-refractivity contribution in [3.05, 3.63) is 34.5 Å². The Morgan fingerprint density at radius 1 is 1.30 bits per heavy atom. The van der Waals surface area contributed by atoms with Gasteiger partial charge in [0.05, 0.1) is 11.4 Å². The van der Waals surface area contributed by atoms with Crippen LogP contribution in [0, 0.1) is 13.8 Å². The number of aryl methyl sites for hydroxylation is 2. The first-order valence-corrected chi connectivity index (χ1v) is 6.84. The minimum Gasteiger partial charge on any atom is -0.375 e. The molecule has 1 aromatic heterocycles. The zero-order valence-corrected chi connectivity index (χ0v) is 12.9. The first-order chi connectivity index (χ1) is 9.52. The molecule has 2 aromatic rings. The third-order valence-electron chi connectivity index (χ3n) is 3.20. The second-order valence-electron chi connectivity index (χ2n) is 4.67. The number of anilines is 1. The zero-order chi connectivity index (χ0) is 14.7. The Morgan fingerprint density at radius 3 is 2.60 bits per heavy atom. The number of nitrogens with zero attached hydrogens (tertiary/aromatic N) is 4. The predicted molar refractivity (Wildman–Crippen MR) is 82.6 cm³/mol. The van der Waals surface area contributed by atoms with Crippen LogP contribution in [-0.2, 0) is 0 Å². The fraction of sp³-hybridized carbons (Fsp3) is 0.357. The smallest absolute Gasteiger partial charge is 0.214 e. The summed E-state index contributed by atoms with van der Waals surface area (Å²) in [6, 6.07) is 6.07. The molecule has 0 bridgehead atoms. The molecule has 0 fully saturated rings. The molecule has 2 rings (SSSR count). The number of rotatable bonds is 4. The lowest BCUT2D eigenvalue weighted by Gasteiger charge is -2.17. The van der Waals surface area contributed by atoms with Crippen LogP contribution >= 0.6 is 11.6 Å². The van der Waals surface area contributed by atoms with Crippen molar-refractivity contribution in [1.82, 2.24) is 10.2 Å². The Morgan fingerprint density at radius 2 is 2.05 bits per heavy atom. The normalized spacial score (nSPS) is 11.2. The van der Waals surface area contributed by atoms with Crippen LogP contribution in [0.15, 0.2) is 28.4 Å². The number of halogens is 1. The van der Waals surface area contributed by atoms with E-state index in [2.05, 4.69) is 45.4 Å². The van der Waals surface area contributed by atoms with Crippen LogP contribution < -0.4 is 4.90 Å². The molecular weight excluding hydrogens is 274 g/mol. The van der Waals surface area contributed by atoms with Gasteiger partial charge in [-0.1, -0.05) is 11.6 Å². The molecule has 6 heteroatoms. The van der Waals surface area contributed by atoms with Gasteiger partial charge in [-0.25, -0.2) is 0 Å². The molecule has 0 atom stereocenters. The van der Waals surface area contributed by atoms with Crippen molar-refractivity contribution in [2.24, 2.45) is 10.2 Å². The van der Waals surface area contributed by atoms with E-state index in [1.165, 1.54) is 0 Å². The van der Waals surface area contributed by atoms with E-state index in [1.54, 1.807) is 0 Å². The number of benzene rings is 1. The molecule has 0 aliphatic rings. The minimum absolute atomic E-state index is 0.415. The van der Waals surface area contributed by atoms with E-state index in [1.807, 2.05) is 26.0 Å². The van der Waals surface area contributed by atoms with Crippen molar-refractivity contribution in [3.8, 4) is 0 Å². The molecule has 0 aliphatic carbocycles. The van der Waals surface area contributed by atoms with Crippen LogP contribution in [0.1, 0.15) is 18.2 Å². The quantitative estimate of drug-likeness (QED) is 0.840. The average molecular weight is 292 g/mol. The van der Waals surface area contributed by atoms with E-state index in [4.69, 9.17) is 11.6 Å². The highest BCUT2D eigenvalue weighted by Crippen LogP contribution is 2.29.